The van der Waals surface area contributed by atoms with Crippen LogP contribution in [0.25, 0.3) is 5.57 Å². The van der Waals surface area contributed by atoms with E-state index in [4.69, 9.17) is 5.73 Å². The lowest BCUT2D eigenvalue weighted by Crippen LogP contribution is -2.16. The maximum atomic E-state index is 5.93. The van der Waals surface area contributed by atoms with Crippen LogP contribution < -0.4 is 11.1 Å². The number of nitrogen functional groups attached to an aromatic ring is 1. The van der Waals surface area contributed by atoms with Crippen LogP contribution in [0.2, 0.25) is 0 Å². The lowest BCUT2D eigenvalue weighted by atomic mass is 9.90. The molecule has 1 aromatic rings. The number of nitrogens with one attached hydrogen (secondary N) is 1. The Morgan fingerprint density at radius 3 is 2.62 bits per heavy atom. The minimum absolute atomic E-state index is 0.451. The summed E-state index contributed by atoms with van der Waals surface area (Å²) in [6.45, 7) is 14.0. The van der Waals surface area contributed by atoms with Gasteiger partial charge >= 0.3 is 0 Å². The molecular formula is C19H28N2. The molecule has 1 atom stereocenters. The van der Waals surface area contributed by atoms with E-state index in [0.29, 0.717) is 5.92 Å². The van der Waals surface area contributed by atoms with E-state index >= 15 is 0 Å². The summed E-state index contributed by atoms with van der Waals surface area (Å²) in [6.07, 6.45) is 6.09. The predicted octanol–water partition coefficient (Wildman–Crippen LogP) is 4.55. The van der Waals surface area contributed by atoms with Crippen molar-refractivity contribution < 1.29 is 0 Å². The first-order chi connectivity index (χ1) is 9.99. The maximum absolute atomic E-state index is 5.93. The standard InChI is InChI=1S/C19H28N2/c1-6-7-8-16(15(4)21-5)9-10-17-13-18(20)11-12-19(17)14(2)3/h6,11-13,16,21H,1-2,4,7-10,20H2,3,5H3. The van der Waals surface area contributed by atoms with Gasteiger partial charge in [0, 0.05) is 18.4 Å². The first kappa shape index (κ1) is 17.1. The zero-order valence-corrected chi connectivity index (χ0v) is 13.4. The van der Waals surface area contributed by atoms with Crippen molar-refractivity contribution in [2.45, 2.75) is 32.6 Å². The van der Waals surface area contributed by atoms with E-state index < -0.39 is 0 Å². The van der Waals surface area contributed by atoms with Gasteiger partial charge in [0.25, 0.3) is 0 Å². The highest BCUT2D eigenvalue weighted by molar-refractivity contribution is 5.66. The molecule has 0 bridgehead atoms. The van der Waals surface area contributed by atoms with Gasteiger partial charge in [-0.15, -0.1) is 6.58 Å². The molecule has 114 valence electrons. The van der Waals surface area contributed by atoms with Crippen LogP contribution in [0.3, 0.4) is 0 Å². The molecule has 0 radical (unpaired) electrons. The highest BCUT2D eigenvalue weighted by Crippen LogP contribution is 2.26. The van der Waals surface area contributed by atoms with Crippen LogP contribution in [0, 0.1) is 5.92 Å². The Balaban J connectivity index is 2.83. The van der Waals surface area contributed by atoms with Crippen molar-refractivity contribution in [1.29, 1.82) is 0 Å². The molecule has 1 aromatic carbocycles. The molecule has 0 aliphatic rings. The van der Waals surface area contributed by atoms with Gasteiger partial charge in [-0.25, -0.2) is 0 Å². The van der Waals surface area contributed by atoms with Gasteiger partial charge in [-0.2, -0.15) is 0 Å². The van der Waals surface area contributed by atoms with Crippen LogP contribution in [0.15, 0.2) is 49.7 Å². The highest BCUT2D eigenvalue weighted by atomic mass is 14.8. The van der Waals surface area contributed by atoms with Gasteiger partial charge < -0.3 is 11.1 Å². The highest BCUT2D eigenvalue weighted by Gasteiger charge is 2.13. The van der Waals surface area contributed by atoms with Crippen LogP contribution in [-0.2, 0) is 6.42 Å². The van der Waals surface area contributed by atoms with Gasteiger partial charge in [-0.05, 0) is 61.8 Å². The van der Waals surface area contributed by atoms with E-state index in [-0.39, 0.29) is 0 Å². The topological polar surface area (TPSA) is 38.0 Å². The lowest BCUT2D eigenvalue weighted by Gasteiger charge is -2.20. The summed E-state index contributed by atoms with van der Waals surface area (Å²) < 4.78 is 0. The third kappa shape index (κ3) is 5.14. The summed E-state index contributed by atoms with van der Waals surface area (Å²) in [7, 11) is 1.93. The van der Waals surface area contributed by atoms with E-state index in [9.17, 15) is 0 Å². The van der Waals surface area contributed by atoms with Crippen LogP contribution in [0.4, 0.5) is 5.69 Å². The summed E-state index contributed by atoms with van der Waals surface area (Å²) in [5, 5.41) is 3.19. The molecule has 2 heteroatoms. The molecule has 0 aliphatic heterocycles. The first-order valence-electron chi connectivity index (χ1n) is 7.51. The second kappa shape index (κ2) is 8.35. The number of rotatable bonds is 9. The van der Waals surface area contributed by atoms with Crippen LogP contribution in [-0.4, -0.2) is 7.05 Å². The average molecular weight is 284 g/mol. The monoisotopic (exact) mass is 284 g/mol. The second-order valence-electron chi connectivity index (χ2n) is 5.57. The van der Waals surface area contributed by atoms with Crippen molar-refractivity contribution in [1.82, 2.24) is 5.32 Å². The Bertz CT molecular complexity index is 514. The van der Waals surface area contributed by atoms with Gasteiger partial charge in [0.2, 0.25) is 0 Å². The summed E-state index contributed by atoms with van der Waals surface area (Å²) >= 11 is 0. The Kier molecular flexibility index (Phi) is 6.80. The first-order valence-corrected chi connectivity index (χ1v) is 7.51. The minimum atomic E-state index is 0.451. The van der Waals surface area contributed by atoms with Gasteiger partial charge in [-0.3, -0.25) is 0 Å². The maximum Gasteiger partial charge on any atom is 0.0317 e. The lowest BCUT2D eigenvalue weighted by molar-refractivity contribution is 0.500. The molecule has 0 aromatic heterocycles. The second-order valence-corrected chi connectivity index (χ2v) is 5.57. The van der Waals surface area contributed by atoms with Gasteiger partial charge in [0.05, 0.1) is 0 Å². The number of anilines is 1. The molecule has 0 aliphatic carbocycles. The smallest absolute Gasteiger partial charge is 0.0317 e. The molecule has 0 saturated heterocycles. The number of allylic oxidation sites excluding steroid dienone is 3. The molecule has 2 nitrogen and oxygen atoms in total. The van der Waals surface area contributed by atoms with E-state index in [0.717, 1.165) is 42.6 Å². The van der Waals surface area contributed by atoms with Crippen molar-refractivity contribution in [2.24, 2.45) is 5.92 Å². The van der Waals surface area contributed by atoms with Crippen LogP contribution in [0.5, 0.6) is 0 Å². The zero-order valence-electron chi connectivity index (χ0n) is 13.4. The number of hydrogen-bond acceptors (Lipinski definition) is 2. The van der Waals surface area contributed by atoms with E-state index in [2.05, 4.69) is 37.2 Å². The Hall–Kier alpha value is -1.96. The predicted molar refractivity (Wildman–Crippen MR) is 95.0 cm³/mol. The summed E-state index contributed by atoms with van der Waals surface area (Å²) in [6, 6.07) is 6.07. The fourth-order valence-corrected chi connectivity index (χ4v) is 2.58. The molecule has 0 fully saturated rings. The van der Waals surface area contributed by atoms with Crippen molar-refractivity contribution in [3.63, 3.8) is 0 Å². The molecule has 0 amide bonds. The van der Waals surface area contributed by atoms with E-state index in [1.807, 2.05) is 26.1 Å². The zero-order chi connectivity index (χ0) is 15.8. The molecule has 1 unspecified atom stereocenters. The normalized spacial score (nSPS) is 11.7. The van der Waals surface area contributed by atoms with Crippen LogP contribution >= 0.6 is 0 Å². The summed E-state index contributed by atoms with van der Waals surface area (Å²) in [5.74, 6) is 0.451. The third-order valence-electron chi connectivity index (χ3n) is 3.88. The Morgan fingerprint density at radius 1 is 1.33 bits per heavy atom. The molecule has 0 saturated carbocycles. The molecule has 0 spiro atoms. The third-order valence-corrected chi connectivity index (χ3v) is 3.88. The number of hydrogen-bond donors (Lipinski definition) is 2. The average Bonchev–Trinajstić information content (AvgIpc) is 2.46. The van der Waals surface area contributed by atoms with Crippen molar-refractivity contribution in [3.05, 3.63) is 60.8 Å². The SMILES string of the molecule is C=CCCC(CCc1cc(N)ccc1C(=C)C)C(=C)NC. The molecule has 1 rings (SSSR count). The van der Waals surface area contributed by atoms with E-state index in [1.54, 1.807) is 0 Å². The van der Waals surface area contributed by atoms with Crippen LogP contribution in [0.1, 0.15) is 37.3 Å². The molecule has 21 heavy (non-hydrogen) atoms. The number of nitrogens with two attached hydrogens (primary N) is 1. The molecular weight excluding hydrogens is 256 g/mol. The number of aryl methyl sites for hydroxylation is 1. The van der Waals surface area contributed by atoms with E-state index in [1.165, 1.54) is 11.1 Å². The summed E-state index contributed by atoms with van der Waals surface area (Å²) in [5.41, 5.74) is 11.4. The van der Waals surface area contributed by atoms with Gasteiger partial charge in [0.15, 0.2) is 0 Å². The molecule has 3 N–H and O–H groups in total. The minimum Gasteiger partial charge on any atom is -0.399 e. The fourth-order valence-electron chi connectivity index (χ4n) is 2.58. The van der Waals surface area contributed by atoms with Crippen molar-refractivity contribution in [2.75, 3.05) is 12.8 Å². The largest absolute Gasteiger partial charge is 0.399 e. The van der Waals surface area contributed by atoms with Crippen molar-refractivity contribution >= 4 is 11.3 Å². The van der Waals surface area contributed by atoms with Crippen molar-refractivity contribution in [3.8, 4) is 0 Å². The summed E-state index contributed by atoms with van der Waals surface area (Å²) in [4.78, 5) is 0. The fraction of sp³-hybridized carbons (Fsp3) is 0.368. The van der Waals surface area contributed by atoms with Gasteiger partial charge in [-0.1, -0.05) is 30.9 Å². The Morgan fingerprint density at radius 2 is 2.05 bits per heavy atom. The molecule has 0 heterocycles. The Labute approximate surface area is 129 Å². The number of benzene rings is 1. The van der Waals surface area contributed by atoms with Gasteiger partial charge in [0.1, 0.15) is 0 Å². The quantitative estimate of drug-likeness (QED) is 0.515.